The standard InChI is InChI=1S/C9H15N3O2S/c1-15(13,14)12-6-2-3-8(7-12)9-4-5-10-11-9/h4-5,8H,2-3,6-7H2,1H3,(H,10,11)/t8-/m1/s1. The maximum atomic E-state index is 11.4. The van der Waals surface area contributed by atoms with Crippen molar-refractivity contribution in [2.24, 2.45) is 0 Å². The van der Waals surface area contributed by atoms with Crippen LogP contribution in [0.1, 0.15) is 24.5 Å². The van der Waals surface area contributed by atoms with Crippen LogP contribution in [0.25, 0.3) is 0 Å². The molecule has 0 radical (unpaired) electrons. The summed E-state index contributed by atoms with van der Waals surface area (Å²) in [6, 6.07) is 1.91. The van der Waals surface area contributed by atoms with Crippen molar-refractivity contribution >= 4 is 10.0 Å². The number of piperidine rings is 1. The topological polar surface area (TPSA) is 66.1 Å². The van der Waals surface area contributed by atoms with Crippen LogP contribution in [0.5, 0.6) is 0 Å². The second kappa shape index (κ2) is 3.94. The molecule has 0 amide bonds. The van der Waals surface area contributed by atoms with Gasteiger partial charge >= 0.3 is 0 Å². The summed E-state index contributed by atoms with van der Waals surface area (Å²) in [5, 5.41) is 6.80. The van der Waals surface area contributed by atoms with Crippen LogP contribution in [0.4, 0.5) is 0 Å². The van der Waals surface area contributed by atoms with Crippen LogP contribution >= 0.6 is 0 Å². The Kier molecular flexibility index (Phi) is 2.79. The van der Waals surface area contributed by atoms with Gasteiger partial charge in [0.15, 0.2) is 0 Å². The van der Waals surface area contributed by atoms with E-state index in [-0.39, 0.29) is 5.92 Å². The first-order chi connectivity index (χ1) is 7.07. The molecule has 0 bridgehead atoms. The molecule has 1 atom stereocenters. The normalized spacial score (nSPS) is 24.2. The summed E-state index contributed by atoms with van der Waals surface area (Å²) in [6.45, 7) is 1.21. The molecule has 5 nitrogen and oxygen atoms in total. The van der Waals surface area contributed by atoms with E-state index in [4.69, 9.17) is 0 Å². The lowest BCUT2D eigenvalue weighted by atomic mass is 9.96. The van der Waals surface area contributed by atoms with Crippen LogP contribution in [0.15, 0.2) is 12.3 Å². The van der Waals surface area contributed by atoms with Crippen molar-refractivity contribution in [3.05, 3.63) is 18.0 Å². The summed E-state index contributed by atoms with van der Waals surface area (Å²) in [5.41, 5.74) is 1.03. The number of nitrogens with one attached hydrogen (secondary N) is 1. The largest absolute Gasteiger partial charge is 0.282 e. The minimum Gasteiger partial charge on any atom is -0.282 e. The first kappa shape index (κ1) is 10.6. The van der Waals surface area contributed by atoms with Crippen LogP contribution in [0.2, 0.25) is 0 Å². The molecule has 6 heteroatoms. The van der Waals surface area contributed by atoms with E-state index in [2.05, 4.69) is 10.2 Å². The van der Waals surface area contributed by atoms with E-state index in [9.17, 15) is 8.42 Å². The van der Waals surface area contributed by atoms with Crippen molar-refractivity contribution in [2.75, 3.05) is 19.3 Å². The molecule has 84 valence electrons. The summed E-state index contributed by atoms with van der Waals surface area (Å²) in [4.78, 5) is 0. The van der Waals surface area contributed by atoms with E-state index in [1.807, 2.05) is 6.07 Å². The fourth-order valence-corrected chi connectivity index (χ4v) is 2.90. The molecule has 0 saturated carbocycles. The third-order valence-electron chi connectivity index (χ3n) is 2.82. The number of aromatic nitrogens is 2. The highest BCUT2D eigenvalue weighted by Gasteiger charge is 2.27. The van der Waals surface area contributed by atoms with Gasteiger partial charge < -0.3 is 0 Å². The number of aromatic amines is 1. The molecule has 1 aromatic heterocycles. The third kappa shape index (κ3) is 2.38. The number of hydrogen-bond donors (Lipinski definition) is 1. The Balaban J connectivity index is 2.12. The molecule has 1 N–H and O–H groups in total. The number of nitrogens with zero attached hydrogens (tertiary/aromatic N) is 2. The van der Waals surface area contributed by atoms with E-state index in [1.165, 1.54) is 6.26 Å². The molecule has 1 aliphatic heterocycles. The molecule has 0 aromatic carbocycles. The Hall–Kier alpha value is -0.880. The predicted octanol–water partition coefficient (Wildman–Crippen LogP) is 0.549. The Morgan fingerprint density at radius 2 is 2.40 bits per heavy atom. The predicted molar refractivity (Wildman–Crippen MR) is 57.0 cm³/mol. The molecule has 1 fully saturated rings. The Labute approximate surface area is 89.5 Å². The molecular formula is C9H15N3O2S. The van der Waals surface area contributed by atoms with Gasteiger partial charge in [0, 0.05) is 30.9 Å². The van der Waals surface area contributed by atoms with E-state index in [1.54, 1.807) is 10.5 Å². The van der Waals surface area contributed by atoms with Crippen LogP contribution in [-0.4, -0.2) is 42.3 Å². The molecule has 2 heterocycles. The van der Waals surface area contributed by atoms with Gasteiger partial charge in [0.05, 0.1) is 6.26 Å². The zero-order valence-electron chi connectivity index (χ0n) is 8.68. The molecule has 1 aromatic rings. The third-order valence-corrected chi connectivity index (χ3v) is 4.08. The monoisotopic (exact) mass is 229 g/mol. The molecule has 0 spiro atoms. The van der Waals surface area contributed by atoms with Gasteiger partial charge in [0.1, 0.15) is 0 Å². The van der Waals surface area contributed by atoms with Crippen molar-refractivity contribution in [3.8, 4) is 0 Å². The molecule has 1 aliphatic rings. The van der Waals surface area contributed by atoms with Crippen molar-refractivity contribution < 1.29 is 8.42 Å². The SMILES string of the molecule is CS(=O)(=O)N1CCC[C@@H](c2ccn[nH]2)C1. The first-order valence-corrected chi connectivity index (χ1v) is 6.86. The average molecular weight is 229 g/mol. The molecular weight excluding hydrogens is 214 g/mol. The van der Waals surface area contributed by atoms with Crippen molar-refractivity contribution in [3.63, 3.8) is 0 Å². The summed E-state index contributed by atoms with van der Waals surface area (Å²) >= 11 is 0. The van der Waals surface area contributed by atoms with Gasteiger partial charge in [0.25, 0.3) is 0 Å². The van der Waals surface area contributed by atoms with Gasteiger partial charge in [-0.3, -0.25) is 5.10 Å². The number of rotatable bonds is 2. The number of sulfonamides is 1. The Bertz CT molecular complexity index is 413. The minimum atomic E-state index is -3.05. The highest BCUT2D eigenvalue weighted by Crippen LogP contribution is 2.26. The van der Waals surface area contributed by atoms with Crippen molar-refractivity contribution in [1.29, 1.82) is 0 Å². The summed E-state index contributed by atoms with van der Waals surface area (Å²) in [5.74, 6) is 0.260. The number of hydrogen-bond acceptors (Lipinski definition) is 3. The van der Waals surface area contributed by atoms with Crippen LogP contribution in [0, 0.1) is 0 Å². The lowest BCUT2D eigenvalue weighted by Crippen LogP contribution is -2.38. The van der Waals surface area contributed by atoms with Crippen molar-refractivity contribution in [2.45, 2.75) is 18.8 Å². The summed E-state index contributed by atoms with van der Waals surface area (Å²) in [6.07, 6.45) is 4.90. The highest BCUT2D eigenvalue weighted by molar-refractivity contribution is 7.88. The summed E-state index contributed by atoms with van der Waals surface area (Å²) < 4.78 is 24.3. The Morgan fingerprint density at radius 3 is 3.00 bits per heavy atom. The van der Waals surface area contributed by atoms with Gasteiger partial charge in [-0.1, -0.05) is 0 Å². The lowest BCUT2D eigenvalue weighted by molar-refractivity contribution is 0.314. The van der Waals surface area contributed by atoms with Gasteiger partial charge in [-0.15, -0.1) is 0 Å². The molecule has 2 rings (SSSR count). The van der Waals surface area contributed by atoms with Gasteiger partial charge in [-0.05, 0) is 18.9 Å². The van der Waals surface area contributed by atoms with Gasteiger partial charge in [0.2, 0.25) is 10.0 Å². The zero-order chi connectivity index (χ0) is 10.9. The maximum Gasteiger partial charge on any atom is 0.211 e. The van der Waals surface area contributed by atoms with E-state index >= 15 is 0 Å². The van der Waals surface area contributed by atoms with Crippen molar-refractivity contribution in [1.82, 2.24) is 14.5 Å². The molecule has 0 unspecified atom stereocenters. The Morgan fingerprint density at radius 1 is 1.60 bits per heavy atom. The maximum absolute atomic E-state index is 11.4. The second-order valence-electron chi connectivity index (χ2n) is 3.97. The molecule has 1 saturated heterocycles. The fraction of sp³-hybridized carbons (Fsp3) is 0.667. The van der Waals surface area contributed by atoms with E-state index in [0.29, 0.717) is 13.1 Å². The highest BCUT2D eigenvalue weighted by atomic mass is 32.2. The summed E-state index contributed by atoms with van der Waals surface area (Å²) in [7, 11) is -3.05. The van der Waals surface area contributed by atoms with Crippen LogP contribution < -0.4 is 0 Å². The smallest absolute Gasteiger partial charge is 0.211 e. The van der Waals surface area contributed by atoms with Gasteiger partial charge in [-0.25, -0.2) is 12.7 Å². The quantitative estimate of drug-likeness (QED) is 0.805. The van der Waals surface area contributed by atoms with E-state index in [0.717, 1.165) is 18.5 Å². The van der Waals surface area contributed by atoms with Crippen LogP contribution in [-0.2, 0) is 10.0 Å². The lowest BCUT2D eigenvalue weighted by Gasteiger charge is -2.30. The second-order valence-corrected chi connectivity index (χ2v) is 5.95. The van der Waals surface area contributed by atoms with E-state index < -0.39 is 10.0 Å². The minimum absolute atomic E-state index is 0.260. The van der Waals surface area contributed by atoms with Crippen LogP contribution in [0.3, 0.4) is 0 Å². The molecule has 0 aliphatic carbocycles. The number of H-pyrrole nitrogens is 1. The molecule has 15 heavy (non-hydrogen) atoms. The zero-order valence-corrected chi connectivity index (χ0v) is 9.50. The fourth-order valence-electron chi connectivity index (χ4n) is 1.99. The average Bonchev–Trinajstić information content (AvgIpc) is 2.69. The first-order valence-electron chi connectivity index (χ1n) is 5.02. The van der Waals surface area contributed by atoms with Gasteiger partial charge in [-0.2, -0.15) is 5.10 Å².